The summed E-state index contributed by atoms with van der Waals surface area (Å²) in [7, 11) is 0. The molecule has 0 spiro atoms. The molecule has 0 bridgehead atoms. The van der Waals surface area contributed by atoms with Crippen molar-refractivity contribution in [2.75, 3.05) is 32.8 Å². The first kappa shape index (κ1) is 29.5. The van der Waals surface area contributed by atoms with Crippen molar-refractivity contribution in [2.24, 2.45) is 0 Å². The summed E-state index contributed by atoms with van der Waals surface area (Å²) in [6.07, 6.45) is 1.81. The number of nitrogens with one attached hydrogen (secondary N) is 2. The number of hydrogen-bond acceptors (Lipinski definition) is 10. The number of aromatic nitrogens is 2. The van der Waals surface area contributed by atoms with Gasteiger partial charge in [0.25, 0.3) is 5.56 Å². The second-order valence-corrected chi connectivity index (χ2v) is 10.3. The summed E-state index contributed by atoms with van der Waals surface area (Å²) in [6.45, 7) is 5.88. The third-order valence-electron chi connectivity index (χ3n) is 7.09. The number of H-pyrrole nitrogens is 1. The molecular weight excluding hydrogens is 520 g/mol. The van der Waals surface area contributed by atoms with Gasteiger partial charge in [-0.25, -0.2) is 9.59 Å². The lowest BCUT2D eigenvalue weighted by molar-refractivity contribution is -0.150. The molecule has 12 nitrogen and oxygen atoms in total. The summed E-state index contributed by atoms with van der Waals surface area (Å²) in [6, 6.07) is 10.5. The van der Waals surface area contributed by atoms with Crippen LogP contribution in [0.15, 0.2) is 46.1 Å². The van der Waals surface area contributed by atoms with Crippen molar-refractivity contribution in [2.45, 2.75) is 70.6 Å². The number of ether oxygens (including phenoxy) is 4. The number of esters is 1. The second kappa shape index (κ2) is 14.2. The minimum atomic E-state index is -0.860. The van der Waals surface area contributed by atoms with Crippen molar-refractivity contribution in [3.8, 4) is 0 Å². The molecule has 4 unspecified atom stereocenters. The Morgan fingerprint density at radius 2 is 1.95 bits per heavy atom. The average molecular weight is 559 g/mol. The Morgan fingerprint density at radius 1 is 1.15 bits per heavy atom. The predicted octanol–water partition coefficient (Wildman–Crippen LogP) is 1.86. The fourth-order valence-corrected chi connectivity index (χ4v) is 5.08. The number of aryl methyl sites for hydroxylation is 1. The quantitative estimate of drug-likeness (QED) is 0.393. The number of piperidine rings is 1. The Kier molecular flexibility index (Phi) is 10.5. The van der Waals surface area contributed by atoms with Gasteiger partial charge in [0.05, 0.1) is 0 Å². The van der Waals surface area contributed by atoms with E-state index in [-0.39, 0.29) is 19.6 Å². The smallest absolute Gasteiger partial charge is 0.459 e. The summed E-state index contributed by atoms with van der Waals surface area (Å²) < 4.78 is 23.1. The van der Waals surface area contributed by atoms with Crippen molar-refractivity contribution >= 4 is 12.1 Å². The SMILES string of the molecule is CC(=O)OC1CC(n2cc(C)c(=O)[nH]c2=O)OC1COC(=O)OCCN(Cc1ccccc1)CC1CCCCN1. The van der Waals surface area contributed by atoms with E-state index < -0.39 is 41.8 Å². The van der Waals surface area contributed by atoms with E-state index in [2.05, 4.69) is 27.3 Å². The van der Waals surface area contributed by atoms with Crippen molar-refractivity contribution < 1.29 is 28.5 Å². The lowest BCUT2D eigenvalue weighted by Crippen LogP contribution is -2.44. The summed E-state index contributed by atoms with van der Waals surface area (Å²) in [5, 5.41) is 3.57. The van der Waals surface area contributed by atoms with Crippen LogP contribution in [0.25, 0.3) is 0 Å². The first-order valence-corrected chi connectivity index (χ1v) is 13.7. The number of carbonyl (C=O) groups is 2. The van der Waals surface area contributed by atoms with Crippen LogP contribution in [0.2, 0.25) is 0 Å². The van der Waals surface area contributed by atoms with Crippen molar-refractivity contribution in [3.63, 3.8) is 0 Å². The lowest BCUT2D eigenvalue weighted by Gasteiger charge is -2.30. The van der Waals surface area contributed by atoms with Gasteiger partial charge in [0.2, 0.25) is 0 Å². The third-order valence-corrected chi connectivity index (χ3v) is 7.09. The molecule has 1 aromatic carbocycles. The third kappa shape index (κ3) is 8.51. The number of aromatic amines is 1. The molecule has 40 heavy (non-hydrogen) atoms. The highest BCUT2D eigenvalue weighted by molar-refractivity contribution is 5.66. The van der Waals surface area contributed by atoms with E-state index in [1.807, 2.05) is 18.2 Å². The van der Waals surface area contributed by atoms with Gasteiger partial charge in [0.1, 0.15) is 31.6 Å². The van der Waals surface area contributed by atoms with Crippen LogP contribution < -0.4 is 16.6 Å². The van der Waals surface area contributed by atoms with E-state index in [1.54, 1.807) is 6.92 Å². The van der Waals surface area contributed by atoms with Crippen LogP contribution in [0.5, 0.6) is 0 Å². The molecule has 218 valence electrons. The van der Waals surface area contributed by atoms with Crippen LogP contribution in [-0.2, 0) is 30.3 Å². The number of rotatable bonds is 11. The highest BCUT2D eigenvalue weighted by atomic mass is 16.7. The molecule has 2 aliphatic heterocycles. The fourth-order valence-electron chi connectivity index (χ4n) is 5.08. The standard InChI is InChI=1S/C28H38N4O8/c1-19-15-32(27(35)30-26(19)34)25-14-23(39-20(2)33)24(40-25)18-38-28(36)37-13-12-31(16-21-8-4-3-5-9-21)17-22-10-6-7-11-29-22/h3-5,8-9,15,22-25,29H,6-7,10-14,16-18H2,1-2H3,(H,30,34,35). The van der Waals surface area contributed by atoms with E-state index in [4.69, 9.17) is 18.9 Å². The Morgan fingerprint density at radius 3 is 2.67 bits per heavy atom. The molecule has 2 aliphatic rings. The van der Waals surface area contributed by atoms with Gasteiger partial charge in [-0.1, -0.05) is 36.8 Å². The number of carbonyl (C=O) groups excluding carboxylic acids is 2. The molecular formula is C28H38N4O8. The predicted molar refractivity (Wildman–Crippen MR) is 145 cm³/mol. The minimum Gasteiger partial charge on any atom is -0.459 e. The lowest BCUT2D eigenvalue weighted by atomic mass is 10.0. The van der Waals surface area contributed by atoms with E-state index in [0.717, 1.165) is 26.1 Å². The number of hydrogen-bond donors (Lipinski definition) is 2. The molecule has 2 N–H and O–H groups in total. The molecule has 4 atom stereocenters. The molecule has 3 heterocycles. The molecule has 0 radical (unpaired) electrons. The molecule has 2 fully saturated rings. The summed E-state index contributed by atoms with van der Waals surface area (Å²) >= 11 is 0. The molecule has 0 aliphatic carbocycles. The first-order chi connectivity index (χ1) is 19.3. The summed E-state index contributed by atoms with van der Waals surface area (Å²) in [5.74, 6) is -0.530. The van der Waals surface area contributed by atoms with Crippen LogP contribution in [-0.4, -0.2) is 77.7 Å². The van der Waals surface area contributed by atoms with E-state index in [0.29, 0.717) is 18.2 Å². The van der Waals surface area contributed by atoms with Crippen molar-refractivity contribution in [1.29, 1.82) is 0 Å². The topological polar surface area (TPSA) is 141 Å². The Hall–Kier alpha value is -3.48. The van der Waals surface area contributed by atoms with Gasteiger partial charge in [0, 0.05) is 50.8 Å². The number of benzene rings is 1. The van der Waals surface area contributed by atoms with Crippen LogP contribution in [0.3, 0.4) is 0 Å². The zero-order valence-corrected chi connectivity index (χ0v) is 23.0. The minimum absolute atomic E-state index is 0.145. The van der Waals surface area contributed by atoms with Crippen molar-refractivity contribution in [3.05, 3.63) is 68.5 Å². The molecule has 2 aromatic rings. The Labute approximate surface area is 232 Å². The highest BCUT2D eigenvalue weighted by Crippen LogP contribution is 2.30. The fraction of sp³-hybridized carbons (Fsp3) is 0.571. The number of nitrogens with zero attached hydrogens (tertiary/aromatic N) is 2. The maximum absolute atomic E-state index is 12.4. The van der Waals surface area contributed by atoms with Gasteiger partial charge >= 0.3 is 17.8 Å². The van der Waals surface area contributed by atoms with Crippen LogP contribution >= 0.6 is 0 Å². The van der Waals surface area contributed by atoms with Gasteiger partial charge in [-0.2, -0.15) is 0 Å². The molecule has 0 amide bonds. The molecule has 2 saturated heterocycles. The summed E-state index contributed by atoms with van der Waals surface area (Å²) in [5.41, 5.74) is 0.376. The maximum Gasteiger partial charge on any atom is 0.508 e. The van der Waals surface area contributed by atoms with Crippen molar-refractivity contribution in [1.82, 2.24) is 19.8 Å². The van der Waals surface area contributed by atoms with E-state index >= 15 is 0 Å². The highest BCUT2D eigenvalue weighted by Gasteiger charge is 2.40. The largest absolute Gasteiger partial charge is 0.508 e. The van der Waals surface area contributed by atoms with Gasteiger partial charge in [0.15, 0.2) is 0 Å². The van der Waals surface area contributed by atoms with E-state index in [1.165, 1.54) is 36.1 Å². The Balaban J connectivity index is 1.29. The maximum atomic E-state index is 12.4. The van der Waals surface area contributed by atoms with Gasteiger partial charge in [-0.3, -0.25) is 24.0 Å². The molecule has 4 rings (SSSR count). The van der Waals surface area contributed by atoms with Crippen LogP contribution in [0.4, 0.5) is 4.79 Å². The summed E-state index contributed by atoms with van der Waals surface area (Å²) in [4.78, 5) is 52.6. The second-order valence-electron chi connectivity index (χ2n) is 10.3. The molecule has 0 saturated carbocycles. The Bertz CT molecular complexity index is 1240. The molecule has 1 aromatic heterocycles. The van der Waals surface area contributed by atoms with Gasteiger partial charge < -0.3 is 24.3 Å². The van der Waals surface area contributed by atoms with Crippen LogP contribution in [0, 0.1) is 6.92 Å². The van der Waals surface area contributed by atoms with E-state index in [9.17, 15) is 19.2 Å². The zero-order chi connectivity index (χ0) is 28.5. The van der Waals surface area contributed by atoms with Gasteiger partial charge in [-0.05, 0) is 31.9 Å². The van der Waals surface area contributed by atoms with Crippen LogP contribution in [0.1, 0.15) is 50.0 Å². The zero-order valence-electron chi connectivity index (χ0n) is 23.0. The van der Waals surface area contributed by atoms with Gasteiger partial charge in [-0.15, -0.1) is 0 Å². The average Bonchev–Trinajstić information content (AvgIpc) is 3.32. The monoisotopic (exact) mass is 558 g/mol. The normalized spacial score (nSPS) is 22.7. The first-order valence-electron chi connectivity index (χ1n) is 13.7. The molecule has 12 heteroatoms.